The van der Waals surface area contributed by atoms with Gasteiger partial charge in [0.25, 0.3) is 5.91 Å². The number of carbonyl (C=O) groups is 2. The first kappa shape index (κ1) is 22.4. The molecule has 1 aliphatic rings. The van der Waals surface area contributed by atoms with Gasteiger partial charge in [0, 0.05) is 29.2 Å². The van der Waals surface area contributed by atoms with Crippen molar-refractivity contribution in [2.24, 2.45) is 0 Å². The molecule has 1 fully saturated rings. The van der Waals surface area contributed by atoms with Gasteiger partial charge < -0.3 is 9.64 Å². The van der Waals surface area contributed by atoms with Gasteiger partial charge in [0.1, 0.15) is 5.15 Å². The van der Waals surface area contributed by atoms with E-state index < -0.39 is 5.97 Å². The SMILES string of the molecule is Cc1nn(Cc2ccccc2Cl)c(Cl)c1/C=C/C(=O)OCC(=O)N1CCCC[C@@H]1C. The summed E-state index contributed by atoms with van der Waals surface area (Å²) in [6, 6.07) is 7.66. The maximum Gasteiger partial charge on any atom is 0.331 e. The minimum Gasteiger partial charge on any atom is -0.452 e. The molecule has 1 amide bonds. The Morgan fingerprint density at radius 1 is 1.27 bits per heavy atom. The number of esters is 1. The molecule has 0 radical (unpaired) electrons. The lowest BCUT2D eigenvalue weighted by atomic mass is 10.0. The van der Waals surface area contributed by atoms with Crippen molar-refractivity contribution < 1.29 is 14.3 Å². The molecule has 3 rings (SSSR count). The van der Waals surface area contributed by atoms with Crippen LogP contribution < -0.4 is 0 Å². The van der Waals surface area contributed by atoms with Crippen molar-refractivity contribution in [3.05, 3.63) is 57.3 Å². The summed E-state index contributed by atoms with van der Waals surface area (Å²) in [5.41, 5.74) is 2.19. The van der Waals surface area contributed by atoms with E-state index in [9.17, 15) is 9.59 Å². The number of hydrogen-bond acceptors (Lipinski definition) is 4. The van der Waals surface area contributed by atoms with Gasteiger partial charge in [-0.1, -0.05) is 41.4 Å². The average Bonchev–Trinajstić information content (AvgIpc) is 2.99. The summed E-state index contributed by atoms with van der Waals surface area (Å²) in [7, 11) is 0. The van der Waals surface area contributed by atoms with E-state index in [1.165, 1.54) is 6.08 Å². The molecule has 2 heterocycles. The second-order valence-corrected chi connectivity index (χ2v) is 8.18. The highest BCUT2D eigenvalue weighted by atomic mass is 35.5. The van der Waals surface area contributed by atoms with Gasteiger partial charge in [-0.15, -0.1) is 0 Å². The summed E-state index contributed by atoms with van der Waals surface area (Å²) in [4.78, 5) is 26.1. The zero-order valence-corrected chi connectivity index (χ0v) is 18.6. The summed E-state index contributed by atoms with van der Waals surface area (Å²) >= 11 is 12.7. The molecule has 1 aliphatic heterocycles. The van der Waals surface area contributed by atoms with Gasteiger partial charge in [-0.25, -0.2) is 9.48 Å². The summed E-state index contributed by atoms with van der Waals surface area (Å²) in [5.74, 6) is -0.756. The Hall–Kier alpha value is -2.31. The van der Waals surface area contributed by atoms with Crippen molar-refractivity contribution in [3.63, 3.8) is 0 Å². The molecule has 8 heteroatoms. The number of ether oxygens (including phenoxy) is 1. The quantitative estimate of drug-likeness (QED) is 0.480. The number of piperidine rings is 1. The molecule has 1 atom stereocenters. The summed E-state index contributed by atoms with van der Waals surface area (Å²) in [5, 5.41) is 5.46. The van der Waals surface area contributed by atoms with E-state index in [1.807, 2.05) is 31.2 Å². The van der Waals surface area contributed by atoms with Crippen LogP contribution in [0.3, 0.4) is 0 Å². The van der Waals surface area contributed by atoms with Crippen LogP contribution in [0.1, 0.15) is 43.0 Å². The van der Waals surface area contributed by atoms with Gasteiger partial charge in [0.15, 0.2) is 6.61 Å². The smallest absolute Gasteiger partial charge is 0.331 e. The molecule has 0 spiro atoms. The third-order valence-electron chi connectivity index (χ3n) is 5.23. The Morgan fingerprint density at radius 3 is 2.77 bits per heavy atom. The first-order valence-corrected chi connectivity index (χ1v) is 10.7. The van der Waals surface area contributed by atoms with Crippen molar-refractivity contribution in [2.75, 3.05) is 13.2 Å². The van der Waals surface area contributed by atoms with Crippen LogP contribution in [-0.2, 0) is 20.9 Å². The number of aryl methyl sites for hydroxylation is 1. The van der Waals surface area contributed by atoms with E-state index in [-0.39, 0.29) is 18.6 Å². The van der Waals surface area contributed by atoms with Crippen LogP contribution in [0.25, 0.3) is 6.08 Å². The van der Waals surface area contributed by atoms with Gasteiger partial charge in [-0.2, -0.15) is 5.10 Å². The first-order chi connectivity index (χ1) is 14.4. The summed E-state index contributed by atoms with van der Waals surface area (Å²) < 4.78 is 6.75. The van der Waals surface area contributed by atoms with E-state index >= 15 is 0 Å². The van der Waals surface area contributed by atoms with Gasteiger partial charge in [0.2, 0.25) is 0 Å². The number of amides is 1. The summed E-state index contributed by atoms with van der Waals surface area (Å²) in [6.45, 7) is 4.70. The van der Waals surface area contributed by atoms with Crippen LogP contribution in [0, 0.1) is 6.92 Å². The second-order valence-electron chi connectivity index (χ2n) is 7.41. The van der Waals surface area contributed by atoms with Crippen molar-refractivity contribution >= 4 is 41.2 Å². The van der Waals surface area contributed by atoms with Gasteiger partial charge in [-0.3, -0.25) is 4.79 Å². The molecule has 0 N–H and O–H groups in total. The first-order valence-electron chi connectivity index (χ1n) is 9.97. The molecular formula is C22H25Cl2N3O3. The molecule has 1 saturated heterocycles. The molecule has 6 nitrogen and oxygen atoms in total. The number of rotatable bonds is 6. The molecule has 2 aromatic rings. The maximum atomic E-state index is 12.3. The fraction of sp³-hybridized carbons (Fsp3) is 0.409. The Balaban J connectivity index is 1.60. The Morgan fingerprint density at radius 2 is 2.03 bits per heavy atom. The molecule has 1 aromatic heterocycles. The molecule has 0 bridgehead atoms. The fourth-order valence-corrected chi connectivity index (χ4v) is 4.03. The van der Waals surface area contributed by atoms with Crippen molar-refractivity contribution in [1.82, 2.24) is 14.7 Å². The lowest BCUT2D eigenvalue weighted by molar-refractivity contribution is -0.149. The number of hydrogen-bond donors (Lipinski definition) is 0. The van der Waals surface area contributed by atoms with Crippen molar-refractivity contribution in [1.29, 1.82) is 0 Å². The summed E-state index contributed by atoms with van der Waals surface area (Å²) in [6.07, 6.45) is 5.92. The number of likely N-dealkylation sites (tertiary alicyclic amines) is 1. The van der Waals surface area contributed by atoms with E-state index in [4.69, 9.17) is 27.9 Å². The zero-order valence-electron chi connectivity index (χ0n) is 17.1. The number of halogens is 2. The lowest BCUT2D eigenvalue weighted by Gasteiger charge is -2.33. The second kappa shape index (κ2) is 10.1. The largest absolute Gasteiger partial charge is 0.452 e. The highest BCUT2D eigenvalue weighted by Crippen LogP contribution is 2.24. The van der Waals surface area contributed by atoms with Crippen molar-refractivity contribution in [2.45, 2.75) is 45.7 Å². The number of nitrogens with zero attached hydrogens (tertiary/aromatic N) is 3. The molecule has 0 unspecified atom stereocenters. The minimum absolute atomic E-state index is 0.161. The highest BCUT2D eigenvalue weighted by molar-refractivity contribution is 6.32. The van der Waals surface area contributed by atoms with Gasteiger partial charge in [0.05, 0.1) is 12.2 Å². The predicted octanol–water partition coefficient (Wildman–Crippen LogP) is 4.50. The third-order valence-corrected chi connectivity index (χ3v) is 6.00. The number of benzene rings is 1. The molecular weight excluding hydrogens is 425 g/mol. The topological polar surface area (TPSA) is 64.4 Å². The van der Waals surface area contributed by atoms with E-state index in [0.29, 0.717) is 34.5 Å². The van der Waals surface area contributed by atoms with Crippen LogP contribution in [0.2, 0.25) is 10.2 Å². The number of aromatic nitrogens is 2. The minimum atomic E-state index is -0.595. The van der Waals surface area contributed by atoms with E-state index in [2.05, 4.69) is 5.10 Å². The van der Waals surface area contributed by atoms with Crippen LogP contribution in [0.4, 0.5) is 0 Å². The lowest BCUT2D eigenvalue weighted by Crippen LogP contribution is -2.44. The normalized spacial score (nSPS) is 16.8. The Bertz CT molecular complexity index is 955. The van der Waals surface area contributed by atoms with Crippen LogP contribution in [0.5, 0.6) is 0 Å². The molecule has 0 saturated carbocycles. The van der Waals surface area contributed by atoms with Crippen LogP contribution in [-0.4, -0.2) is 45.8 Å². The molecule has 30 heavy (non-hydrogen) atoms. The van der Waals surface area contributed by atoms with Crippen molar-refractivity contribution in [3.8, 4) is 0 Å². The molecule has 160 valence electrons. The molecule has 1 aromatic carbocycles. The third kappa shape index (κ3) is 5.43. The highest BCUT2D eigenvalue weighted by Gasteiger charge is 2.23. The monoisotopic (exact) mass is 449 g/mol. The average molecular weight is 450 g/mol. The molecule has 0 aliphatic carbocycles. The standard InChI is InChI=1S/C22H25Cl2N3O3/c1-15-7-5-6-12-26(15)20(28)14-30-21(29)11-10-18-16(2)25-27(22(18)24)13-17-8-3-4-9-19(17)23/h3-4,8-11,15H,5-7,12-14H2,1-2H3/b11-10+/t15-/m0/s1. The van der Waals surface area contributed by atoms with Crippen LogP contribution in [0.15, 0.2) is 30.3 Å². The maximum absolute atomic E-state index is 12.3. The Labute approximate surface area is 186 Å². The van der Waals surface area contributed by atoms with Gasteiger partial charge >= 0.3 is 5.97 Å². The van der Waals surface area contributed by atoms with E-state index in [0.717, 1.165) is 24.8 Å². The van der Waals surface area contributed by atoms with Gasteiger partial charge in [-0.05, 0) is 50.8 Å². The van der Waals surface area contributed by atoms with E-state index in [1.54, 1.807) is 22.6 Å². The van der Waals surface area contributed by atoms with Crippen LogP contribution >= 0.6 is 23.2 Å². The zero-order chi connectivity index (χ0) is 21.7. The number of carbonyl (C=O) groups excluding carboxylic acids is 2. The fourth-order valence-electron chi connectivity index (χ4n) is 3.53. The predicted molar refractivity (Wildman–Crippen MR) is 118 cm³/mol. The Kier molecular flexibility index (Phi) is 7.56.